The molecule has 1 aromatic heterocycles. The van der Waals surface area contributed by atoms with Gasteiger partial charge in [-0.25, -0.2) is 14.5 Å². The fourth-order valence-corrected chi connectivity index (χ4v) is 2.83. The van der Waals surface area contributed by atoms with Crippen LogP contribution in [0.4, 0.5) is 5.69 Å². The van der Waals surface area contributed by atoms with Crippen molar-refractivity contribution in [1.29, 1.82) is 0 Å². The van der Waals surface area contributed by atoms with E-state index in [2.05, 4.69) is 36.2 Å². The molecule has 30 heavy (non-hydrogen) atoms. The van der Waals surface area contributed by atoms with Gasteiger partial charge in [0.15, 0.2) is 6.10 Å². The van der Waals surface area contributed by atoms with Crippen molar-refractivity contribution in [1.82, 2.24) is 14.8 Å². The molecule has 0 spiro atoms. The second kappa shape index (κ2) is 8.90. The highest BCUT2D eigenvalue weighted by atomic mass is 16.5. The number of anilines is 1. The van der Waals surface area contributed by atoms with E-state index in [0.717, 1.165) is 5.56 Å². The van der Waals surface area contributed by atoms with Crippen molar-refractivity contribution in [2.24, 2.45) is 0 Å². The summed E-state index contributed by atoms with van der Waals surface area (Å²) in [6.07, 6.45) is 2.17. The summed E-state index contributed by atoms with van der Waals surface area (Å²) in [5.74, 6) is -0.928. The van der Waals surface area contributed by atoms with Gasteiger partial charge in [-0.2, -0.15) is 5.10 Å². The minimum atomic E-state index is -0.922. The van der Waals surface area contributed by atoms with Crippen LogP contribution >= 0.6 is 0 Å². The fourth-order valence-electron chi connectivity index (χ4n) is 2.83. The summed E-state index contributed by atoms with van der Waals surface area (Å²) in [5.41, 5.74) is 3.23. The second-order valence-corrected chi connectivity index (χ2v) is 8.15. The molecule has 0 aliphatic heterocycles. The van der Waals surface area contributed by atoms with E-state index < -0.39 is 12.1 Å². The standard InChI is InChI=1S/C23H26N4O3/c1-16(21(28)26-20-11-9-19(10-12-20)23(2,3)4)30-22(29)18-7-5-17(6-8-18)13-27-15-24-14-25-27/h5-12,14-16H,13H2,1-4H3,(H,26,28)/t16-/m0/s1. The zero-order valence-electron chi connectivity index (χ0n) is 17.6. The Morgan fingerprint density at radius 1 is 1.07 bits per heavy atom. The molecule has 7 nitrogen and oxygen atoms in total. The van der Waals surface area contributed by atoms with Crippen LogP contribution in [0.25, 0.3) is 0 Å². The van der Waals surface area contributed by atoms with E-state index in [1.807, 2.05) is 36.4 Å². The molecular weight excluding hydrogens is 380 g/mol. The van der Waals surface area contributed by atoms with Gasteiger partial charge in [-0.15, -0.1) is 0 Å². The first-order chi connectivity index (χ1) is 14.2. The Morgan fingerprint density at radius 3 is 2.30 bits per heavy atom. The van der Waals surface area contributed by atoms with Crippen LogP contribution in [0.1, 0.15) is 49.2 Å². The zero-order valence-corrected chi connectivity index (χ0v) is 17.6. The van der Waals surface area contributed by atoms with Gasteiger partial charge in [0.1, 0.15) is 12.7 Å². The van der Waals surface area contributed by atoms with Crippen molar-refractivity contribution >= 4 is 17.6 Å². The van der Waals surface area contributed by atoms with Crippen LogP contribution in [0.3, 0.4) is 0 Å². The molecule has 2 aromatic carbocycles. The third-order valence-electron chi connectivity index (χ3n) is 4.67. The number of nitrogens with one attached hydrogen (secondary N) is 1. The SMILES string of the molecule is C[C@H](OC(=O)c1ccc(Cn2cncn2)cc1)C(=O)Nc1ccc(C(C)(C)C)cc1. The molecule has 0 saturated heterocycles. The molecule has 1 atom stereocenters. The molecule has 7 heteroatoms. The van der Waals surface area contributed by atoms with Crippen molar-refractivity contribution in [3.05, 3.63) is 77.9 Å². The molecule has 0 aliphatic carbocycles. The number of aromatic nitrogens is 3. The van der Waals surface area contributed by atoms with Crippen LogP contribution < -0.4 is 5.32 Å². The van der Waals surface area contributed by atoms with E-state index >= 15 is 0 Å². The average molecular weight is 406 g/mol. The molecule has 0 fully saturated rings. The molecule has 0 saturated carbocycles. The lowest BCUT2D eigenvalue weighted by Crippen LogP contribution is -2.30. The lowest BCUT2D eigenvalue weighted by molar-refractivity contribution is -0.123. The maximum atomic E-state index is 12.4. The number of nitrogens with zero attached hydrogens (tertiary/aromatic N) is 3. The summed E-state index contributed by atoms with van der Waals surface area (Å²) >= 11 is 0. The van der Waals surface area contributed by atoms with E-state index in [1.165, 1.54) is 11.9 Å². The Bertz CT molecular complexity index is 988. The molecule has 3 rings (SSSR count). The molecule has 156 valence electrons. The summed E-state index contributed by atoms with van der Waals surface area (Å²) in [6, 6.07) is 14.6. The monoisotopic (exact) mass is 406 g/mol. The molecule has 0 unspecified atom stereocenters. The van der Waals surface area contributed by atoms with Crippen LogP contribution in [0.5, 0.6) is 0 Å². The lowest BCUT2D eigenvalue weighted by atomic mass is 9.87. The Kier molecular flexibility index (Phi) is 6.30. The number of ether oxygens (including phenoxy) is 1. The van der Waals surface area contributed by atoms with Crippen molar-refractivity contribution in [3.8, 4) is 0 Å². The Hall–Kier alpha value is -3.48. The van der Waals surface area contributed by atoms with Crippen LogP contribution in [0, 0.1) is 0 Å². The molecule has 0 aliphatic rings. The normalized spacial score (nSPS) is 12.3. The Labute approximate surface area is 176 Å². The predicted octanol–water partition coefficient (Wildman–Crippen LogP) is 3.81. The van der Waals surface area contributed by atoms with Gasteiger partial charge in [0.05, 0.1) is 12.1 Å². The molecule has 3 aromatic rings. The smallest absolute Gasteiger partial charge is 0.338 e. The van der Waals surface area contributed by atoms with Gasteiger partial charge in [0.2, 0.25) is 0 Å². The largest absolute Gasteiger partial charge is 0.449 e. The van der Waals surface area contributed by atoms with Gasteiger partial charge in [0.25, 0.3) is 5.91 Å². The van der Waals surface area contributed by atoms with Gasteiger partial charge in [0, 0.05) is 5.69 Å². The number of rotatable bonds is 6. The number of esters is 1. The Morgan fingerprint density at radius 2 is 1.73 bits per heavy atom. The summed E-state index contributed by atoms with van der Waals surface area (Å²) in [5, 5.41) is 6.83. The number of benzene rings is 2. The maximum Gasteiger partial charge on any atom is 0.338 e. The molecule has 0 radical (unpaired) electrons. The van der Waals surface area contributed by atoms with Gasteiger partial charge >= 0.3 is 5.97 Å². The van der Waals surface area contributed by atoms with E-state index in [0.29, 0.717) is 17.8 Å². The maximum absolute atomic E-state index is 12.4. The third kappa shape index (κ3) is 5.53. The van der Waals surface area contributed by atoms with Crippen LogP contribution in [-0.2, 0) is 21.5 Å². The van der Waals surface area contributed by atoms with E-state index in [-0.39, 0.29) is 11.3 Å². The highest BCUT2D eigenvalue weighted by Crippen LogP contribution is 2.23. The summed E-state index contributed by atoms with van der Waals surface area (Å²) in [7, 11) is 0. The first-order valence-electron chi connectivity index (χ1n) is 9.76. The first-order valence-corrected chi connectivity index (χ1v) is 9.76. The minimum absolute atomic E-state index is 0.0379. The lowest BCUT2D eigenvalue weighted by Gasteiger charge is -2.19. The van der Waals surface area contributed by atoms with E-state index in [1.54, 1.807) is 30.1 Å². The molecule has 1 N–H and O–H groups in total. The molecule has 1 amide bonds. The summed E-state index contributed by atoms with van der Waals surface area (Å²) in [4.78, 5) is 28.7. The highest BCUT2D eigenvalue weighted by Gasteiger charge is 2.19. The highest BCUT2D eigenvalue weighted by molar-refractivity contribution is 5.97. The summed E-state index contributed by atoms with van der Waals surface area (Å²) in [6.45, 7) is 8.49. The topological polar surface area (TPSA) is 86.1 Å². The average Bonchev–Trinajstić information content (AvgIpc) is 3.21. The first kappa shape index (κ1) is 21.2. The predicted molar refractivity (Wildman–Crippen MR) is 114 cm³/mol. The minimum Gasteiger partial charge on any atom is -0.449 e. The number of amides is 1. The van der Waals surface area contributed by atoms with Gasteiger partial charge < -0.3 is 10.1 Å². The van der Waals surface area contributed by atoms with E-state index in [4.69, 9.17) is 4.74 Å². The van der Waals surface area contributed by atoms with Crippen molar-refractivity contribution in [2.45, 2.75) is 45.8 Å². The van der Waals surface area contributed by atoms with E-state index in [9.17, 15) is 9.59 Å². The molecule has 1 heterocycles. The van der Waals surface area contributed by atoms with Crippen molar-refractivity contribution < 1.29 is 14.3 Å². The quantitative estimate of drug-likeness (QED) is 0.629. The fraction of sp³-hybridized carbons (Fsp3) is 0.304. The van der Waals surface area contributed by atoms with Crippen LogP contribution in [-0.4, -0.2) is 32.7 Å². The number of carbonyl (C=O) groups is 2. The Balaban J connectivity index is 1.54. The zero-order chi connectivity index (χ0) is 21.7. The van der Waals surface area contributed by atoms with Gasteiger partial charge in [-0.05, 0) is 47.7 Å². The van der Waals surface area contributed by atoms with Gasteiger partial charge in [-0.3, -0.25) is 4.79 Å². The summed E-state index contributed by atoms with van der Waals surface area (Å²) < 4.78 is 7.00. The molecule has 0 bridgehead atoms. The number of carbonyl (C=O) groups excluding carboxylic acids is 2. The third-order valence-corrected chi connectivity index (χ3v) is 4.67. The molecular formula is C23H26N4O3. The van der Waals surface area contributed by atoms with Crippen LogP contribution in [0.15, 0.2) is 61.2 Å². The van der Waals surface area contributed by atoms with Gasteiger partial charge in [-0.1, -0.05) is 45.0 Å². The van der Waals surface area contributed by atoms with Crippen LogP contribution in [0.2, 0.25) is 0 Å². The number of hydrogen-bond donors (Lipinski definition) is 1. The van der Waals surface area contributed by atoms with Crippen molar-refractivity contribution in [2.75, 3.05) is 5.32 Å². The second-order valence-electron chi connectivity index (χ2n) is 8.15. The van der Waals surface area contributed by atoms with Crippen molar-refractivity contribution in [3.63, 3.8) is 0 Å². The number of hydrogen-bond acceptors (Lipinski definition) is 5.